The van der Waals surface area contributed by atoms with Crippen LogP contribution in [0.1, 0.15) is 120 Å². The average Bonchev–Trinajstić information content (AvgIpc) is 3.63. The molecule has 10 rings (SSSR count). The van der Waals surface area contributed by atoms with Gasteiger partial charge in [0.05, 0.1) is 50.3 Å². The van der Waals surface area contributed by atoms with E-state index in [1.807, 2.05) is 0 Å². The summed E-state index contributed by atoms with van der Waals surface area (Å²) in [6.07, 6.45) is -22.7. The quantitative estimate of drug-likeness (QED) is 0.121. The summed E-state index contributed by atoms with van der Waals surface area (Å²) in [5.74, 6) is 0.795. The first kappa shape index (κ1) is 56.4. The molecule has 0 aromatic rings. The van der Waals surface area contributed by atoms with E-state index in [0.717, 1.165) is 57.8 Å². The van der Waals surface area contributed by atoms with Gasteiger partial charge in [0.2, 0.25) is 0 Å². The van der Waals surface area contributed by atoms with Crippen molar-refractivity contribution in [3.63, 3.8) is 0 Å². The number of rotatable bonds is 10. The van der Waals surface area contributed by atoms with Crippen LogP contribution < -0.4 is 0 Å². The average molecular weight is 1060 g/mol. The lowest BCUT2D eigenvalue weighted by atomic mass is 9.30. The molecule has 0 aromatic heterocycles. The van der Waals surface area contributed by atoms with Gasteiger partial charge in [-0.2, -0.15) is 0 Å². The number of fused-ring (bicyclic) bond motifs is 4. The van der Waals surface area contributed by atoms with E-state index in [-0.39, 0.29) is 38.6 Å². The molecule has 0 aromatic carbocycles. The number of hydrogen-bond donors (Lipinski definition) is 12. The normalized spacial score (nSPS) is 57.9. The van der Waals surface area contributed by atoms with Crippen molar-refractivity contribution in [2.75, 3.05) is 26.4 Å². The molecule has 21 nitrogen and oxygen atoms in total. The second-order valence-corrected chi connectivity index (χ2v) is 26.6. The van der Waals surface area contributed by atoms with Gasteiger partial charge in [-0.3, -0.25) is 0 Å². The molecule has 1 spiro atoms. The predicted molar refractivity (Wildman–Crippen MR) is 255 cm³/mol. The maximum absolute atomic E-state index is 12.4. The van der Waals surface area contributed by atoms with Crippen molar-refractivity contribution in [2.24, 2.45) is 50.2 Å². The van der Waals surface area contributed by atoms with E-state index in [2.05, 4.69) is 48.5 Å². The van der Waals surface area contributed by atoms with Crippen molar-refractivity contribution in [3.8, 4) is 0 Å². The summed E-state index contributed by atoms with van der Waals surface area (Å²) in [4.78, 5) is 0. The Kier molecular flexibility index (Phi) is 15.0. The van der Waals surface area contributed by atoms with Crippen LogP contribution in [0, 0.1) is 50.2 Å². The lowest BCUT2D eigenvalue weighted by Gasteiger charge is -2.75. The first-order valence-corrected chi connectivity index (χ1v) is 27.5. The van der Waals surface area contributed by atoms with Gasteiger partial charge in [0.25, 0.3) is 0 Å². The second kappa shape index (κ2) is 19.7. The Hall–Kier alpha value is -0.840. The zero-order chi connectivity index (χ0) is 53.6. The van der Waals surface area contributed by atoms with Crippen LogP contribution >= 0.6 is 0 Å². The van der Waals surface area contributed by atoms with Crippen LogP contribution in [-0.2, 0) is 42.6 Å². The maximum Gasteiger partial charge on any atom is 0.187 e. The van der Waals surface area contributed by atoms with Crippen LogP contribution in [0.2, 0.25) is 0 Å². The number of ether oxygens (including phenoxy) is 9. The molecule has 10 fully saturated rings. The van der Waals surface area contributed by atoms with E-state index in [1.54, 1.807) is 0 Å². The molecular weight excluding hydrogens is 973 g/mol. The molecule has 2 unspecified atom stereocenters. The van der Waals surface area contributed by atoms with Gasteiger partial charge in [-0.25, -0.2) is 0 Å². The topological polar surface area (TPSA) is 326 Å². The van der Waals surface area contributed by atoms with E-state index in [1.165, 1.54) is 6.92 Å². The standard InChI is InChI=1S/C53H88O21/c1-23-32(57)36(61)39(64)43(68-23)74-42-38(63)34(59)25(20-55)70-46(42)71-26-21-66-45(41(35(26)60)73-44-40(65)37(62)33(58)24(19-54)69-44)72-31-11-12-49(6)27(48(31,4)5)9-13-50(7)28(49)10-14-53-29-17-47(2,3)15-16-52(29,22-67-53)30(56)18-51(50,53)8/h23-46,54-65H,9-22H2,1-8H3/t23-,24-,25-,26+,27?,28-,29?,30-,31+,32-,33-,34-,35+,36+,37+,38+,39+,40-,41-,42-,43+,44+,45+,46+,49+,50-,51+,52-,53+/m1/s1. The van der Waals surface area contributed by atoms with Crippen LogP contribution in [-0.4, -0.2) is 222 Å². The first-order chi connectivity index (χ1) is 34.6. The molecule has 5 saturated heterocycles. The minimum atomic E-state index is -1.87. The molecule has 5 heterocycles. The van der Waals surface area contributed by atoms with Crippen molar-refractivity contribution in [3.05, 3.63) is 0 Å². The van der Waals surface area contributed by atoms with Gasteiger partial charge < -0.3 is 104 Å². The van der Waals surface area contributed by atoms with E-state index in [9.17, 15) is 61.3 Å². The summed E-state index contributed by atoms with van der Waals surface area (Å²) in [5, 5.41) is 131. The maximum atomic E-state index is 12.4. The third kappa shape index (κ3) is 8.40. The summed E-state index contributed by atoms with van der Waals surface area (Å²) in [6, 6.07) is 0. The van der Waals surface area contributed by atoms with Crippen molar-refractivity contribution >= 4 is 0 Å². The Balaban J connectivity index is 0.902. The highest BCUT2D eigenvalue weighted by atomic mass is 16.8. The highest BCUT2D eigenvalue weighted by Gasteiger charge is 2.80. The fourth-order valence-corrected chi connectivity index (χ4v) is 17.6. The molecule has 0 radical (unpaired) electrons. The summed E-state index contributed by atoms with van der Waals surface area (Å²) in [6.45, 7) is 16.7. The smallest absolute Gasteiger partial charge is 0.187 e. The zero-order valence-corrected chi connectivity index (χ0v) is 44.3. The highest BCUT2D eigenvalue weighted by molar-refractivity contribution is 5.28. The van der Waals surface area contributed by atoms with Crippen molar-refractivity contribution in [1.29, 1.82) is 0 Å². The van der Waals surface area contributed by atoms with Crippen LogP contribution in [0.3, 0.4) is 0 Å². The number of aliphatic hydroxyl groups excluding tert-OH is 12. The van der Waals surface area contributed by atoms with Gasteiger partial charge in [0.1, 0.15) is 85.5 Å². The molecule has 5 saturated carbocycles. The van der Waals surface area contributed by atoms with Crippen molar-refractivity contribution < 1.29 is 104 Å². The molecule has 5 aliphatic heterocycles. The van der Waals surface area contributed by atoms with Crippen LogP contribution in [0.25, 0.3) is 0 Å². The Labute approximate surface area is 433 Å². The van der Waals surface area contributed by atoms with Gasteiger partial charge in [0, 0.05) is 10.8 Å². The SMILES string of the molecule is C[C@H]1O[C@@H](O[C@H]2[C@H](O[C@H]3CO[C@@H](O[C@H]4CC[C@@]5(C)C(CC[C@]6(C)[C@@H]5CC[C@]57OC[C@@]8(CCC(C)(C)CC85)[C@H](O)C[C@]76C)C4(C)C)[C@H](O[C@@H]4O[C@H](CO)[C@@H](O)[C@H](O)[C@H]4O)[C@H]3O)O[C@H](CO)[C@@H](O)[C@@H]2O)[C@@H](O)[C@@H](O)[C@@H]1O. The molecular formula is C53H88O21. The Bertz CT molecular complexity index is 2000. The van der Waals surface area contributed by atoms with Crippen LogP contribution in [0.5, 0.6) is 0 Å². The van der Waals surface area contributed by atoms with E-state index >= 15 is 0 Å². The minimum absolute atomic E-state index is 0.124. The lowest BCUT2D eigenvalue weighted by molar-refractivity contribution is -0.394. The highest BCUT2D eigenvalue weighted by Crippen LogP contribution is 2.80. The number of hydrogen-bond acceptors (Lipinski definition) is 21. The third-order valence-electron chi connectivity index (χ3n) is 22.2. The van der Waals surface area contributed by atoms with Gasteiger partial charge in [0.15, 0.2) is 25.2 Å². The van der Waals surface area contributed by atoms with Crippen molar-refractivity contribution in [2.45, 2.75) is 254 Å². The molecule has 426 valence electrons. The predicted octanol–water partition coefficient (Wildman–Crippen LogP) is -0.684. The number of aliphatic hydroxyl groups is 12. The van der Waals surface area contributed by atoms with Gasteiger partial charge in [-0.05, 0) is 111 Å². The second-order valence-electron chi connectivity index (χ2n) is 26.6. The molecule has 29 atom stereocenters. The van der Waals surface area contributed by atoms with Crippen LogP contribution in [0.15, 0.2) is 0 Å². The zero-order valence-electron chi connectivity index (χ0n) is 44.3. The van der Waals surface area contributed by atoms with Gasteiger partial charge in [-0.15, -0.1) is 0 Å². The summed E-state index contributed by atoms with van der Waals surface area (Å²) >= 11 is 0. The fraction of sp³-hybridized carbons (Fsp3) is 1.00. The Morgan fingerprint density at radius 3 is 1.77 bits per heavy atom. The fourth-order valence-electron chi connectivity index (χ4n) is 17.6. The largest absolute Gasteiger partial charge is 0.394 e. The molecule has 21 heteroatoms. The Morgan fingerprint density at radius 2 is 1.11 bits per heavy atom. The first-order valence-electron chi connectivity index (χ1n) is 27.5. The van der Waals surface area contributed by atoms with Gasteiger partial charge >= 0.3 is 0 Å². The summed E-state index contributed by atoms with van der Waals surface area (Å²) in [7, 11) is 0. The van der Waals surface area contributed by atoms with E-state index in [0.29, 0.717) is 24.9 Å². The van der Waals surface area contributed by atoms with E-state index < -0.39 is 154 Å². The van der Waals surface area contributed by atoms with Gasteiger partial charge in [-0.1, -0.05) is 48.5 Å². The molecule has 2 bridgehead atoms. The Morgan fingerprint density at radius 1 is 0.514 bits per heavy atom. The van der Waals surface area contributed by atoms with Crippen LogP contribution in [0.4, 0.5) is 0 Å². The molecule has 74 heavy (non-hydrogen) atoms. The summed E-state index contributed by atoms with van der Waals surface area (Å²) in [5.41, 5.74) is -1.31. The lowest BCUT2D eigenvalue weighted by Crippen LogP contribution is -2.74. The molecule has 10 aliphatic rings. The monoisotopic (exact) mass is 1060 g/mol. The molecule has 12 N–H and O–H groups in total. The molecule has 5 aliphatic carbocycles. The molecule has 0 amide bonds. The van der Waals surface area contributed by atoms with Crippen molar-refractivity contribution in [1.82, 2.24) is 0 Å². The minimum Gasteiger partial charge on any atom is -0.394 e. The third-order valence-corrected chi connectivity index (χ3v) is 22.2. The summed E-state index contributed by atoms with van der Waals surface area (Å²) < 4.78 is 56.4. The van der Waals surface area contributed by atoms with E-state index in [4.69, 9.17) is 42.6 Å².